The minimum atomic E-state index is 0.00174. The fourth-order valence-electron chi connectivity index (χ4n) is 3.71. The van der Waals surface area contributed by atoms with E-state index in [1.807, 2.05) is 60.7 Å². The summed E-state index contributed by atoms with van der Waals surface area (Å²) >= 11 is 0. The molecule has 2 N–H and O–H groups in total. The highest BCUT2D eigenvalue weighted by Crippen LogP contribution is 2.14. The molecule has 0 aromatic heterocycles. The molecular weight excluding hydrogens is 376 g/mol. The molecule has 2 saturated heterocycles. The first-order valence-electron chi connectivity index (χ1n) is 10.3. The standard InChI is InChI=1S/C24H26N4O2/c29-21(19-7-3-1-4-8-19)17-23-25-11-13-27(23)15-16-28-14-12-26-24(28)18-22(30)20-9-5-2-6-10-20/h1-10,17-18,25-26H,11-16H2/b23-17+,24-18+. The van der Waals surface area contributed by atoms with Crippen LogP contribution in [-0.2, 0) is 0 Å². The van der Waals surface area contributed by atoms with Crippen LogP contribution in [0.3, 0.4) is 0 Å². The second-order valence-electron chi connectivity index (χ2n) is 7.35. The SMILES string of the molecule is O=C(/C=C1\NCCN1CCN1CCN/C1=C\C(=O)c1ccccc1)c1ccccc1. The van der Waals surface area contributed by atoms with E-state index in [9.17, 15) is 9.59 Å². The van der Waals surface area contributed by atoms with E-state index in [1.165, 1.54) is 0 Å². The van der Waals surface area contributed by atoms with Gasteiger partial charge in [0.05, 0.1) is 0 Å². The van der Waals surface area contributed by atoms with Crippen LogP contribution in [0, 0.1) is 0 Å². The maximum Gasteiger partial charge on any atom is 0.189 e. The van der Waals surface area contributed by atoms with Gasteiger partial charge in [-0.3, -0.25) is 9.59 Å². The minimum absolute atomic E-state index is 0.00174. The predicted octanol–water partition coefficient (Wildman–Crippen LogP) is 2.25. The molecule has 6 heteroatoms. The Balaban J connectivity index is 1.38. The molecule has 2 aromatic carbocycles. The Kier molecular flexibility index (Phi) is 6.13. The van der Waals surface area contributed by atoms with E-state index in [4.69, 9.17) is 0 Å². The number of benzene rings is 2. The van der Waals surface area contributed by atoms with Gasteiger partial charge in [-0.25, -0.2) is 0 Å². The highest BCUT2D eigenvalue weighted by Gasteiger charge is 2.22. The normalized spacial score (nSPS) is 18.5. The minimum Gasteiger partial charge on any atom is -0.370 e. The zero-order valence-corrected chi connectivity index (χ0v) is 16.9. The number of carbonyl (C=O) groups is 2. The van der Waals surface area contributed by atoms with Gasteiger partial charge < -0.3 is 20.4 Å². The number of nitrogens with zero attached hydrogens (tertiary/aromatic N) is 2. The molecule has 4 rings (SSSR count). The smallest absolute Gasteiger partial charge is 0.189 e. The molecule has 2 aromatic rings. The molecule has 2 fully saturated rings. The van der Waals surface area contributed by atoms with Crippen molar-refractivity contribution in [2.75, 3.05) is 39.3 Å². The highest BCUT2D eigenvalue weighted by molar-refractivity contribution is 6.05. The van der Waals surface area contributed by atoms with Crippen LogP contribution in [-0.4, -0.2) is 60.6 Å². The number of allylic oxidation sites excluding steroid dienone is 2. The Hall–Kier alpha value is -3.54. The van der Waals surface area contributed by atoms with Gasteiger partial charge >= 0.3 is 0 Å². The lowest BCUT2D eigenvalue weighted by atomic mass is 10.1. The topological polar surface area (TPSA) is 64.7 Å². The van der Waals surface area contributed by atoms with Crippen molar-refractivity contribution in [1.82, 2.24) is 20.4 Å². The van der Waals surface area contributed by atoms with Crippen LogP contribution in [0.2, 0.25) is 0 Å². The molecule has 0 radical (unpaired) electrons. The molecule has 30 heavy (non-hydrogen) atoms. The van der Waals surface area contributed by atoms with Crippen LogP contribution in [0.5, 0.6) is 0 Å². The van der Waals surface area contributed by atoms with Gasteiger partial charge in [-0.2, -0.15) is 0 Å². The Bertz CT molecular complexity index is 874. The van der Waals surface area contributed by atoms with Gasteiger partial charge in [0.25, 0.3) is 0 Å². The molecule has 0 atom stereocenters. The molecule has 0 unspecified atom stereocenters. The molecular formula is C24H26N4O2. The molecule has 2 heterocycles. The number of nitrogens with one attached hydrogen (secondary N) is 2. The van der Waals surface area contributed by atoms with E-state index < -0.39 is 0 Å². The highest BCUT2D eigenvalue weighted by atomic mass is 16.1. The van der Waals surface area contributed by atoms with E-state index in [0.717, 1.165) is 50.9 Å². The van der Waals surface area contributed by atoms with Crippen molar-refractivity contribution in [3.05, 3.63) is 95.6 Å². The number of ketones is 2. The second-order valence-corrected chi connectivity index (χ2v) is 7.35. The lowest BCUT2D eigenvalue weighted by molar-refractivity contribution is 0.103. The quantitative estimate of drug-likeness (QED) is 0.547. The van der Waals surface area contributed by atoms with E-state index in [2.05, 4.69) is 20.4 Å². The largest absolute Gasteiger partial charge is 0.370 e. The van der Waals surface area contributed by atoms with Gasteiger partial charge in [0.15, 0.2) is 11.6 Å². The Labute approximate surface area is 176 Å². The summed E-state index contributed by atoms with van der Waals surface area (Å²) < 4.78 is 0. The van der Waals surface area contributed by atoms with Crippen LogP contribution < -0.4 is 10.6 Å². The maximum absolute atomic E-state index is 12.5. The first-order valence-corrected chi connectivity index (χ1v) is 10.3. The first kappa shape index (κ1) is 19.8. The third-order valence-corrected chi connectivity index (χ3v) is 5.35. The van der Waals surface area contributed by atoms with E-state index in [0.29, 0.717) is 11.1 Å². The summed E-state index contributed by atoms with van der Waals surface area (Å²) in [5.41, 5.74) is 1.37. The Morgan fingerprint density at radius 3 is 1.50 bits per heavy atom. The van der Waals surface area contributed by atoms with Gasteiger partial charge in [-0.1, -0.05) is 60.7 Å². The van der Waals surface area contributed by atoms with Crippen LogP contribution >= 0.6 is 0 Å². The summed E-state index contributed by atoms with van der Waals surface area (Å²) in [6.07, 6.45) is 3.36. The van der Waals surface area contributed by atoms with Crippen molar-refractivity contribution in [1.29, 1.82) is 0 Å². The second kappa shape index (κ2) is 9.31. The summed E-state index contributed by atoms with van der Waals surface area (Å²) in [5.74, 6) is 1.73. The van der Waals surface area contributed by atoms with Crippen LogP contribution in [0.15, 0.2) is 84.5 Å². The third kappa shape index (κ3) is 4.71. The van der Waals surface area contributed by atoms with Crippen LogP contribution in [0.25, 0.3) is 0 Å². The number of rotatable bonds is 7. The van der Waals surface area contributed by atoms with Crippen LogP contribution in [0.1, 0.15) is 20.7 Å². The van der Waals surface area contributed by atoms with Crippen molar-refractivity contribution in [3.8, 4) is 0 Å². The summed E-state index contributed by atoms with van der Waals surface area (Å²) in [6.45, 7) is 4.91. The summed E-state index contributed by atoms with van der Waals surface area (Å²) in [5, 5.41) is 6.62. The fraction of sp³-hybridized carbons (Fsp3) is 0.250. The number of carbonyl (C=O) groups excluding carboxylic acids is 2. The lowest BCUT2D eigenvalue weighted by Gasteiger charge is -2.24. The van der Waals surface area contributed by atoms with Crippen molar-refractivity contribution in [2.45, 2.75) is 0 Å². The molecule has 0 saturated carbocycles. The molecule has 2 aliphatic rings. The Morgan fingerprint density at radius 2 is 1.10 bits per heavy atom. The monoisotopic (exact) mass is 402 g/mol. The lowest BCUT2D eigenvalue weighted by Crippen LogP contribution is -2.32. The van der Waals surface area contributed by atoms with Gasteiger partial charge in [0, 0.05) is 62.5 Å². The van der Waals surface area contributed by atoms with Gasteiger partial charge in [-0.05, 0) is 0 Å². The summed E-state index contributed by atoms with van der Waals surface area (Å²) in [6, 6.07) is 18.6. The van der Waals surface area contributed by atoms with Crippen molar-refractivity contribution in [2.24, 2.45) is 0 Å². The van der Waals surface area contributed by atoms with E-state index in [-0.39, 0.29) is 11.6 Å². The Morgan fingerprint density at radius 1 is 0.700 bits per heavy atom. The molecule has 0 amide bonds. The van der Waals surface area contributed by atoms with Crippen molar-refractivity contribution in [3.63, 3.8) is 0 Å². The molecule has 0 bridgehead atoms. The van der Waals surface area contributed by atoms with E-state index in [1.54, 1.807) is 12.2 Å². The molecule has 6 nitrogen and oxygen atoms in total. The third-order valence-electron chi connectivity index (χ3n) is 5.35. The first-order chi connectivity index (χ1) is 14.7. The summed E-state index contributed by atoms with van der Waals surface area (Å²) in [4.78, 5) is 29.4. The van der Waals surface area contributed by atoms with Crippen molar-refractivity contribution >= 4 is 11.6 Å². The average Bonchev–Trinajstić information content (AvgIpc) is 3.42. The maximum atomic E-state index is 12.5. The van der Waals surface area contributed by atoms with Crippen LogP contribution in [0.4, 0.5) is 0 Å². The number of hydrogen-bond acceptors (Lipinski definition) is 6. The zero-order valence-electron chi connectivity index (χ0n) is 16.9. The predicted molar refractivity (Wildman–Crippen MR) is 117 cm³/mol. The van der Waals surface area contributed by atoms with Gasteiger partial charge in [-0.15, -0.1) is 0 Å². The molecule has 154 valence electrons. The van der Waals surface area contributed by atoms with Gasteiger partial charge in [0.1, 0.15) is 11.6 Å². The fourth-order valence-corrected chi connectivity index (χ4v) is 3.71. The zero-order chi connectivity index (χ0) is 20.8. The van der Waals surface area contributed by atoms with E-state index >= 15 is 0 Å². The molecule has 2 aliphatic heterocycles. The van der Waals surface area contributed by atoms with Gasteiger partial charge in [0.2, 0.25) is 0 Å². The number of hydrogen-bond donors (Lipinski definition) is 2. The molecule has 0 spiro atoms. The summed E-state index contributed by atoms with van der Waals surface area (Å²) in [7, 11) is 0. The molecule has 0 aliphatic carbocycles. The average molecular weight is 402 g/mol. The van der Waals surface area contributed by atoms with Crippen molar-refractivity contribution < 1.29 is 9.59 Å².